The molecule has 0 saturated carbocycles. The Hall–Kier alpha value is -1.86. The average Bonchev–Trinajstić information content (AvgIpc) is 3.01. The molecule has 4 rings (SSSR count). The van der Waals surface area contributed by atoms with Crippen LogP contribution in [0.2, 0.25) is 19.6 Å². The lowest BCUT2D eigenvalue weighted by molar-refractivity contribution is 1.66. The zero-order chi connectivity index (χ0) is 18.3. The minimum absolute atomic E-state index is 1.08. The van der Waals surface area contributed by atoms with E-state index in [4.69, 9.17) is 0 Å². The van der Waals surface area contributed by atoms with Crippen LogP contribution >= 0.6 is 27.3 Å². The zero-order valence-corrected chi connectivity index (χ0v) is 18.5. The highest BCUT2D eigenvalue weighted by Gasteiger charge is 2.10. The molecule has 0 nitrogen and oxygen atoms in total. The van der Waals surface area contributed by atoms with E-state index in [2.05, 4.69) is 108 Å². The first-order valence-electron chi connectivity index (χ1n) is 8.64. The van der Waals surface area contributed by atoms with Gasteiger partial charge in [0, 0.05) is 19.6 Å². The van der Waals surface area contributed by atoms with Crippen LogP contribution in [0.3, 0.4) is 0 Å². The fraction of sp³-hybridized carbons (Fsp3) is 0.130. The second kappa shape index (κ2) is 6.70. The Morgan fingerprint density at radius 3 is 2.31 bits per heavy atom. The van der Waals surface area contributed by atoms with Crippen molar-refractivity contribution in [3.8, 4) is 21.9 Å². The SMILES string of the molecule is C[Si](C)(C)C#Cc1cc2cc3cc(-c4ccccc4)sc3cc2cc1Br. The number of halogens is 1. The summed E-state index contributed by atoms with van der Waals surface area (Å²) in [6, 6.07) is 21.9. The summed E-state index contributed by atoms with van der Waals surface area (Å²) >= 11 is 5.56. The van der Waals surface area contributed by atoms with Gasteiger partial charge in [0.1, 0.15) is 8.07 Å². The largest absolute Gasteiger partial charge is 0.135 e. The normalized spacial score (nSPS) is 11.5. The Morgan fingerprint density at radius 1 is 0.846 bits per heavy atom. The van der Waals surface area contributed by atoms with Crippen LogP contribution < -0.4 is 0 Å². The van der Waals surface area contributed by atoms with Crippen LogP contribution in [0.4, 0.5) is 0 Å². The molecule has 3 heteroatoms. The van der Waals surface area contributed by atoms with Crippen molar-refractivity contribution in [2.75, 3.05) is 0 Å². The minimum Gasteiger partial charge on any atom is -0.135 e. The minimum atomic E-state index is -1.39. The van der Waals surface area contributed by atoms with Crippen molar-refractivity contribution in [2.45, 2.75) is 19.6 Å². The highest BCUT2D eigenvalue weighted by atomic mass is 79.9. The van der Waals surface area contributed by atoms with Gasteiger partial charge in [-0.3, -0.25) is 0 Å². The van der Waals surface area contributed by atoms with Gasteiger partial charge in [0.25, 0.3) is 0 Å². The van der Waals surface area contributed by atoms with Crippen molar-refractivity contribution in [3.63, 3.8) is 0 Å². The molecule has 0 unspecified atom stereocenters. The molecule has 0 amide bonds. The molecule has 4 aromatic rings. The van der Waals surface area contributed by atoms with Gasteiger partial charge in [-0.1, -0.05) is 55.9 Å². The number of benzene rings is 3. The van der Waals surface area contributed by atoms with Crippen LogP contribution in [0, 0.1) is 11.5 Å². The van der Waals surface area contributed by atoms with Gasteiger partial charge in [0.2, 0.25) is 0 Å². The molecule has 0 aliphatic carbocycles. The molecule has 0 N–H and O–H groups in total. The predicted octanol–water partition coefficient (Wildman–Crippen LogP) is 7.71. The molecule has 1 heterocycles. The third-order valence-corrected chi connectivity index (χ3v) is 6.87. The number of hydrogen-bond acceptors (Lipinski definition) is 1. The summed E-state index contributed by atoms with van der Waals surface area (Å²) < 4.78 is 2.40. The predicted molar refractivity (Wildman–Crippen MR) is 123 cm³/mol. The van der Waals surface area contributed by atoms with E-state index in [1.165, 1.54) is 31.3 Å². The van der Waals surface area contributed by atoms with E-state index in [1.54, 1.807) is 0 Å². The quantitative estimate of drug-likeness (QED) is 0.212. The summed E-state index contributed by atoms with van der Waals surface area (Å²) in [5.74, 6) is 3.39. The molecule has 3 aromatic carbocycles. The Balaban J connectivity index is 1.85. The van der Waals surface area contributed by atoms with Gasteiger partial charge in [-0.15, -0.1) is 16.9 Å². The second-order valence-electron chi connectivity index (χ2n) is 7.55. The van der Waals surface area contributed by atoms with Gasteiger partial charge < -0.3 is 0 Å². The fourth-order valence-corrected chi connectivity index (χ4v) is 4.97. The van der Waals surface area contributed by atoms with E-state index in [0.29, 0.717) is 0 Å². The first-order chi connectivity index (χ1) is 12.4. The third kappa shape index (κ3) is 3.64. The first kappa shape index (κ1) is 17.5. The van der Waals surface area contributed by atoms with E-state index in [0.717, 1.165) is 10.0 Å². The molecule has 0 bridgehead atoms. The number of thiophene rings is 1. The molecule has 0 atom stereocenters. The first-order valence-corrected chi connectivity index (χ1v) is 13.8. The fourth-order valence-electron chi connectivity index (χ4n) is 2.90. The van der Waals surface area contributed by atoms with E-state index in [1.807, 2.05) is 11.3 Å². The molecule has 0 saturated heterocycles. The maximum atomic E-state index is 3.71. The molecule has 128 valence electrons. The molecular formula is C23H19BrSSi. The van der Waals surface area contributed by atoms with Crippen LogP contribution in [0.5, 0.6) is 0 Å². The topological polar surface area (TPSA) is 0 Å². The number of fused-ring (bicyclic) bond motifs is 2. The monoisotopic (exact) mass is 434 g/mol. The summed E-state index contributed by atoms with van der Waals surface area (Å²) in [5.41, 5.74) is 5.83. The Kier molecular flexibility index (Phi) is 4.52. The van der Waals surface area contributed by atoms with Crippen molar-refractivity contribution in [1.29, 1.82) is 0 Å². The van der Waals surface area contributed by atoms with Crippen LogP contribution in [-0.2, 0) is 0 Å². The summed E-state index contributed by atoms with van der Waals surface area (Å²) in [5, 5.41) is 3.80. The zero-order valence-electron chi connectivity index (χ0n) is 15.1. The highest BCUT2D eigenvalue weighted by molar-refractivity contribution is 9.10. The third-order valence-electron chi connectivity index (χ3n) is 4.19. The van der Waals surface area contributed by atoms with E-state index >= 15 is 0 Å². The summed E-state index contributed by atoms with van der Waals surface area (Å²) in [4.78, 5) is 1.31. The van der Waals surface area contributed by atoms with Gasteiger partial charge in [-0.05, 0) is 68.0 Å². The van der Waals surface area contributed by atoms with Crippen molar-refractivity contribution >= 4 is 56.2 Å². The number of hydrogen-bond donors (Lipinski definition) is 0. The van der Waals surface area contributed by atoms with Crippen LogP contribution in [-0.4, -0.2) is 8.07 Å². The maximum Gasteiger partial charge on any atom is 0.129 e. The lowest BCUT2D eigenvalue weighted by Gasteiger charge is -2.05. The van der Waals surface area contributed by atoms with Gasteiger partial charge >= 0.3 is 0 Å². The summed E-state index contributed by atoms with van der Waals surface area (Å²) in [6.45, 7) is 6.82. The van der Waals surface area contributed by atoms with Crippen LogP contribution in [0.1, 0.15) is 5.56 Å². The Labute approximate surface area is 168 Å². The van der Waals surface area contributed by atoms with Gasteiger partial charge in [-0.25, -0.2) is 0 Å². The molecule has 0 fully saturated rings. The van der Waals surface area contributed by atoms with Gasteiger partial charge in [0.05, 0.1) is 0 Å². The molecule has 1 aromatic heterocycles. The Morgan fingerprint density at radius 2 is 1.58 bits per heavy atom. The van der Waals surface area contributed by atoms with Crippen molar-refractivity contribution in [2.24, 2.45) is 0 Å². The van der Waals surface area contributed by atoms with E-state index in [-0.39, 0.29) is 0 Å². The van der Waals surface area contributed by atoms with Crippen molar-refractivity contribution < 1.29 is 0 Å². The van der Waals surface area contributed by atoms with E-state index < -0.39 is 8.07 Å². The molecule has 0 aliphatic rings. The summed E-state index contributed by atoms with van der Waals surface area (Å²) in [6.07, 6.45) is 0. The average molecular weight is 435 g/mol. The number of rotatable bonds is 1. The second-order valence-corrected chi connectivity index (χ2v) is 14.2. The maximum absolute atomic E-state index is 3.71. The van der Waals surface area contributed by atoms with Crippen LogP contribution in [0.15, 0.2) is 65.1 Å². The lowest BCUT2D eigenvalue weighted by atomic mass is 10.1. The Bertz CT molecular complexity index is 1170. The molecule has 0 radical (unpaired) electrons. The lowest BCUT2D eigenvalue weighted by Crippen LogP contribution is -2.16. The van der Waals surface area contributed by atoms with Crippen molar-refractivity contribution in [1.82, 2.24) is 0 Å². The van der Waals surface area contributed by atoms with Gasteiger partial charge in [0.15, 0.2) is 0 Å². The standard InChI is InChI=1S/C23H19BrSSi/c1-26(2,3)10-9-17-11-18-12-20-15-22(16-7-5-4-6-8-16)25-23(20)14-19(18)13-21(17)24/h4-8,11-15H,1-3H3. The summed E-state index contributed by atoms with van der Waals surface area (Å²) in [7, 11) is -1.39. The van der Waals surface area contributed by atoms with Crippen molar-refractivity contribution in [3.05, 3.63) is 70.7 Å². The highest BCUT2D eigenvalue weighted by Crippen LogP contribution is 2.36. The molecule has 26 heavy (non-hydrogen) atoms. The van der Waals surface area contributed by atoms with E-state index in [9.17, 15) is 0 Å². The molecule has 0 aliphatic heterocycles. The van der Waals surface area contributed by atoms with Gasteiger partial charge in [-0.2, -0.15) is 0 Å². The van der Waals surface area contributed by atoms with Crippen LogP contribution in [0.25, 0.3) is 31.3 Å². The molecular weight excluding hydrogens is 416 g/mol. The smallest absolute Gasteiger partial charge is 0.129 e. The molecule has 0 spiro atoms.